The van der Waals surface area contributed by atoms with E-state index in [0.29, 0.717) is 5.84 Å². The molecule has 1 aromatic rings. The van der Waals surface area contributed by atoms with Gasteiger partial charge in [-0.05, 0) is 39.3 Å². The van der Waals surface area contributed by atoms with Crippen LogP contribution in [-0.4, -0.2) is 31.7 Å². The largest absolute Gasteiger partial charge is 0.357 e. The Kier molecular flexibility index (Phi) is 3.94. The fourth-order valence-electron chi connectivity index (χ4n) is 2.24. The average molecular weight is 280 g/mol. The highest BCUT2D eigenvalue weighted by atomic mass is 32.2. The van der Waals surface area contributed by atoms with Crippen LogP contribution in [0.15, 0.2) is 33.6 Å². The molecule has 19 heavy (non-hydrogen) atoms. The quantitative estimate of drug-likeness (QED) is 0.855. The van der Waals surface area contributed by atoms with Crippen molar-refractivity contribution in [2.45, 2.75) is 44.6 Å². The van der Waals surface area contributed by atoms with Gasteiger partial charge in [0.15, 0.2) is 0 Å². The van der Waals surface area contributed by atoms with Gasteiger partial charge in [0.05, 0.1) is 4.90 Å². The first-order valence-corrected chi connectivity index (χ1v) is 8.01. The summed E-state index contributed by atoms with van der Waals surface area (Å²) in [7, 11) is -3.58. The van der Waals surface area contributed by atoms with Gasteiger partial charge in [0.25, 0.3) is 10.0 Å². The van der Waals surface area contributed by atoms with Crippen LogP contribution in [0.3, 0.4) is 0 Å². The van der Waals surface area contributed by atoms with Crippen LogP contribution in [0.4, 0.5) is 0 Å². The molecule has 1 aliphatic rings. The molecule has 0 spiro atoms. The second-order valence-corrected chi connectivity index (χ2v) is 6.79. The first kappa shape index (κ1) is 14.1. The Morgan fingerprint density at radius 1 is 1.21 bits per heavy atom. The van der Waals surface area contributed by atoms with Crippen molar-refractivity contribution in [3.63, 3.8) is 0 Å². The van der Waals surface area contributed by atoms with Crippen LogP contribution >= 0.6 is 0 Å². The molecule has 0 radical (unpaired) electrons. The van der Waals surface area contributed by atoms with E-state index in [9.17, 15) is 8.42 Å². The van der Waals surface area contributed by atoms with Gasteiger partial charge in [-0.15, -0.1) is 4.40 Å². The molecule has 0 unspecified atom stereocenters. The number of nitrogens with zero attached hydrogens (tertiary/aromatic N) is 2. The zero-order chi connectivity index (χ0) is 14.0. The lowest BCUT2D eigenvalue weighted by Gasteiger charge is -2.23. The molecule has 0 aromatic heterocycles. The van der Waals surface area contributed by atoms with Gasteiger partial charge in [0, 0.05) is 19.0 Å². The third-order valence-electron chi connectivity index (χ3n) is 3.30. The van der Waals surface area contributed by atoms with Gasteiger partial charge < -0.3 is 4.90 Å². The van der Waals surface area contributed by atoms with Gasteiger partial charge in [-0.1, -0.05) is 17.7 Å². The summed E-state index contributed by atoms with van der Waals surface area (Å²) >= 11 is 0. The maximum atomic E-state index is 12.3. The number of aryl methyl sites for hydroxylation is 1. The summed E-state index contributed by atoms with van der Waals surface area (Å²) in [6.45, 7) is 6.93. The number of likely N-dealkylation sites (tertiary alicyclic amines) is 1. The third kappa shape index (κ3) is 3.15. The summed E-state index contributed by atoms with van der Waals surface area (Å²) in [5.74, 6) is 0.690. The molecule has 2 rings (SSSR count). The summed E-state index contributed by atoms with van der Waals surface area (Å²) in [5.41, 5.74) is 1.04. The van der Waals surface area contributed by atoms with Crippen LogP contribution in [0.25, 0.3) is 0 Å². The van der Waals surface area contributed by atoms with Crippen LogP contribution in [0, 0.1) is 6.92 Å². The fraction of sp³-hybridized carbons (Fsp3) is 0.500. The molecule has 1 aliphatic heterocycles. The normalized spacial score (nSPS) is 18.5. The van der Waals surface area contributed by atoms with Gasteiger partial charge in [-0.2, -0.15) is 8.42 Å². The van der Waals surface area contributed by atoms with Crippen LogP contribution in [0.2, 0.25) is 0 Å². The fourth-order valence-corrected chi connectivity index (χ4v) is 3.30. The Morgan fingerprint density at radius 2 is 1.84 bits per heavy atom. The molecule has 4 nitrogen and oxygen atoms in total. The molecule has 0 N–H and O–H groups in total. The molecule has 1 fully saturated rings. The van der Waals surface area contributed by atoms with E-state index in [2.05, 4.69) is 23.1 Å². The van der Waals surface area contributed by atoms with E-state index in [0.717, 1.165) is 24.9 Å². The molecule has 1 heterocycles. The lowest BCUT2D eigenvalue weighted by atomic mass is 10.2. The summed E-state index contributed by atoms with van der Waals surface area (Å²) in [5, 5.41) is 0. The maximum Gasteiger partial charge on any atom is 0.283 e. The van der Waals surface area contributed by atoms with E-state index in [1.165, 1.54) is 0 Å². The third-order valence-corrected chi connectivity index (χ3v) is 4.62. The van der Waals surface area contributed by atoms with Gasteiger partial charge >= 0.3 is 0 Å². The lowest BCUT2D eigenvalue weighted by molar-refractivity contribution is 0.378. The molecule has 1 aromatic carbocycles. The van der Waals surface area contributed by atoms with Gasteiger partial charge in [-0.3, -0.25) is 0 Å². The van der Waals surface area contributed by atoms with E-state index >= 15 is 0 Å². The monoisotopic (exact) mass is 280 g/mol. The zero-order valence-electron chi connectivity index (χ0n) is 11.6. The van der Waals surface area contributed by atoms with Crippen LogP contribution < -0.4 is 0 Å². The topological polar surface area (TPSA) is 49.7 Å². The summed E-state index contributed by atoms with van der Waals surface area (Å²) < 4.78 is 28.5. The molecule has 0 aliphatic carbocycles. The first-order valence-electron chi connectivity index (χ1n) is 6.57. The molecule has 0 amide bonds. The number of hydrogen-bond acceptors (Lipinski definition) is 2. The SMILES string of the molecule is Cc1ccc(S(=O)(=O)/N=C2/CCCN2C(C)C)cc1. The van der Waals surface area contributed by atoms with E-state index in [1.54, 1.807) is 24.3 Å². The lowest BCUT2D eigenvalue weighted by Crippen LogP contribution is -2.32. The molecular formula is C14H20N2O2S. The Hall–Kier alpha value is -1.36. The van der Waals surface area contributed by atoms with Gasteiger partial charge in [0.1, 0.15) is 5.84 Å². The maximum absolute atomic E-state index is 12.3. The minimum atomic E-state index is -3.58. The number of benzene rings is 1. The number of sulfonamides is 1. The van der Waals surface area contributed by atoms with E-state index in [1.807, 2.05) is 6.92 Å². The number of rotatable bonds is 3. The van der Waals surface area contributed by atoms with Gasteiger partial charge in [-0.25, -0.2) is 0 Å². The average Bonchev–Trinajstić information content (AvgIpc) is 2.77. The van der Waals surface area contributed by atoms with E-state index in [4.69, 9.17) is 0 Å². The molecule has 0 bridgehead atoms. The first-order chi connectivity index (χ1) is 8.90. The minimum Gasteiger partial charge on any atom is -0.357 e. The second-order valence-electron chi connectivity index (χ2n) is 5.19. The Labute approximate surface area is 115 Å². The van der Waals surface area contributed by atoms with Crippen molar-refractivity contribution in [3.05, 3.63) is 29.8 Å². The van der Waals surface area contributed by atoms with E-state index in [-0.39, 0.29) is 10.9 Å². The smallest absolute Gasteiger partial charge is 0.283 e. The highest BCUT2D eigenvalue weighted by Crippen LogP contribution is 2.19. The van der Waals surface area contributed by atoms with Crippen molar-refractivity contribution in [2.24, 2.45) is 4.40 Å². The highest BCUT2D eigenvalue weighted by Gasteiger charge is 2.24. The predicted octanol–water partition coefficient (Wildman–Crippen LogP) is 2.59. The molecule has 0 atom stereocenters. The number of hydrogen-bond donors (Lipinski definition) is 0. The van der Waals surface area contributed by atoms with Crippen LogP contribution in [-0.2, 0) is 10.0 Å². The Balaban J connectivity index is 2.33. The Bertz CT molecular complexity index is 574. The minimum absolute atomic E-state index is 0.265. The highest BCUT2D eigenvalue weighted by molar-refractivity contribution is 7.90. The zero-order valence-corrected chi connectivity index (χ0v) is 12.4. The summed E-state index contributed by atoms with van der Waals surface area (Å²) in [6.07, 6.45) is 1.71. The second kappa shape index (κ2) is 5.33. The number of amidine groups is 1. The molecular weight excluding hydrogens is 260 g/mol. The predicted molar refractivity (Wildman–Crippen MR) is 76.9 cm³/mol. The molecule has 5 heteroatoms. The van der Waals surface area contributed by atoms with Crippen molar-refractivity contribution in [3.8, 4) is 0 Å². The van der Waals surface area contributed by atoms with Crippen molar-refractivity contribution >= 4 is 15.9 Å². The van der Waals surface area contributed by atoms with Crippen LogP contribution in [0.5, 0.6) is 0 Å². The van der Waals surface area contributed by atoms with Crippen LogP contribution in [0.1, 0.15) is 32.3 Å². The Morgan fingerprint density at radius 3 is 2.42 bits per heavy atom. The van der Waals surface area contributed by atoms with E-state index < -0.39 is 10.0 Å². The standard InChI is InChI=1S/C14H20N2O2S/c1-11(2)16-10-4-5-14(16)15-19(17,18)13-8-6-12(3)7-9-13/h6-9,11H,4-5,10H2,1-3H3/b15-14-. The molecule has 1 saturated heterocycles. The summed E-state index contributed by atoms with van der Waals surface area (Å²) in [4.78, 5) is 2.33. The van der Waals surface area contributed by atoms with Crippen molar-refractivity contribution < 1.29 is 8.42 Å². The molecule has 0 saturated carbocycles. The molecule has 104 valence electrons. The van der Waals surface area contributed by atoms with Gasteiger partial charge in [0.2, 0.25) is 0 Å². The summed E-state index contributed by atoms with van der Waals surface area (Å²) in [6, 6.07) is 7.10. The van der Waals surface area contributed by atoms with Crippen molar-refractivity contribution in [1.82, 2.24) is 4.90 Å². The van der Waals surface area contributed by atoms with Crippen molar-refractivity contribution in [2.75, 3.05) is 6.54 Å². The van der Waals surface area contributed by atoms with Crippen molar-refractivity contribution in [1.29, 1.82) is 0 Å².